The summed E-state index contributed by atoms with van der Waals surface area (Å²) >= 11 is 3.38. The molecule has 0 aliphatic heterocycles. The van der Waals surface area contributed by atoms with E-state index in [1.807, 2.05) is 42.6 Å². The van der Waals surface area contributed by atoms with Gasteiger partial charge in [-0.05, 0) is 45.8 Å². The highest BCUT2D eigenvalue weighted by atomic mass is 79.9. The predicted molar refractivity (Wildman–Crippen MR) is 114 cm³/mol. The minimum absolute atomic E-state index is 0.0864. The molecule has 0 bridgehead atoms. The van der Waals surface area contributed by atoms with Gasteiger partial charge in [0.15, 0.2) is 0 Å². The van der Waals surface area contributed by atoms with Crippen LogP contribution in [0.15, 0.2) is 65.4 Å². The third kappa shape index (κ3) is 5.45. The van der Waals surface area contributed by atoms with Crippen LogP contribution in [-0.2, 0) is 9.59 Å². The minimum atomic E-state index is -0.454. The van der Waals surface area contributed by atoms with E-state index in [-0.39, 0.29) is 18.2 Å². The first-order valence-corrected chi connectivity index (χ1v) is 9.76. The Kier molecular flexibility index (Phi) is 6.66. The highest BCUT2D eigenvalue weighted by molar-refractivity contribution is 9.10. The van der Waals surface area contributed by atoms with Crippen LogP contribution in [0.2, 0.25) is 0 Å². The van der Waals surface area contributed by atoms with E-state index in [1.54, 1.807) is 30.1 Å². The number of hydrogen-bond acceptors (Lipinski definition) is 4. The van der Waals surface area contributed by atoms with E-state index >= 15 is 0 Å². The largest absolute Gasteiger partial charge is 0.497 e. The van der Waals surface area contributed by atoms with Gasteiger partial charge in [-0.3, -0.25) is 9.59 Å². The lowest BCUT2D eigenvalue weighted by molar-refractivity contribution is -0.120. The summed E-state index contributed by atoms with van der Waals surface area (Å²) in [6.45, 7) is 1.43. The molecule has 3 aromatic rings. The molecule has 2 aromatic carbocycles. The van der Waals surface area contributed by atoms with Gasteiger partial charge in [0, 0.05) is 13.1 Å². The van der Waals surface area contributed by atoms with E-state index in [4.69, 9.17) is 4.74 Å². The third-order valence-electron chi connectivity index (χ3n) is 4.26. The maximum absolute atomic E-state index is 12.8. The number of aromatic nitrogens is 2. The van der Waals surface area contributed by atoms with Crippen LogP contribution >= 0.6 is 15.9 Å². The van der Waals surface area contributed by atoms with Crippen LogP contribution in [0.3, 0.4) is 0 Å². The average molecular weight is 457 g/mol. The fourth-order valence-electron chi connectivity index (χ4n) is 2.93. The van der Waals surface area contributed by atoms with Crippen molar-refractivity contribution in [2.24, 2.45) is 0 Å². The molecule has 0 saturated heterocycles. The third-order valence-corrected chi connectivity index (χ3v) is 4.67. The molecular weight excluding hydrogens is 436 g/mol. The topological polar surface area (TPSA) is 85.2 Å². The van der Waals surface area contributed by atoms with Gasteiger partial charge < -0.3 is 15.4 Å². The number of ether oxygens (including phenoxy) is 1. The van der Waals surface area contributed by atoms with E-state index in [0.717, 1.165) is 15.7 Å². The molecule has 1 heterocycles. The highest BCUT2D eigenvalue weighted by Crippen LogP contribution is 2.24. The number of para-hydroxylation sites is 2. The van der Waals surface area contributed by atoms with Crippen molar-refractivity contribution in [1.29, 1.82) is 0 Å². The first-order valence-electron chi connectivity index (χ1n) is 8.96. The number of rotatable bonds is 7. The smallest absolute Gasteiger partial charge is 0.226 e. The van der Waals surface area contributed by atoms with Crippen LogP contribution < -0.4 is 15.4 Å². The maximum Gasteiger partial charge on any atom is 0.226 e. The number of benzene rings is 2. The molecule has 8 heteroatoms. The van der Waals surface area contributed by atoms with Crippen molar-refractivity contribution in [2.75, 3.05) is 12.4 Å². The van der Waals surface area contributed by atoms with Crippen LogP contribution in [0.4, 0.5) is 5.69 Å². The molecule has 1 aromatic heterocycles. The van der Waals surface area contributed by atoms with Gasteiger partial charge in [0.2, 0.25) is 11.8 Å². The Labute approximate surface area is 177 Å². The van der Waals surface area contributed by atoms with Gasteiger partial charge in [0.1, 0.15) is 5.75 Å². The zero-order chi connectivity index (χ0) is 20.8. The van der Waals surface area contributed by atoms with E-state index < -0.39 is 6.04 Å². The molecule has 0 aliphatic carbocycles. The molecule has 3 rings (SSSR count). The Bertz CT molecular complexity index is 1000. The fourth-order valence-corrected chi connectivity index (χ4v) is 3.22. The number of carbonyl (C=O) groups excluding carboxylic acids is 2. The molecule has 0 saturated carbocycles. The quantitative estimate of drug-likeness (QED) is 0.565. The summed E-state index contributed by atoms with van der Waals surface area (Å²) in [6, 6.07) is 14.2. The van der Waals surface area contributed by atoms with E-state index in [1.165, 1.54) is 6.92 Å². The number of carbonyl (C=O) groups is 2. The fraction of sp³-hybridized carbons (Fsp3) is 0.190. The number of hydrogen-bond donors (Lipinski definition) is 2. The van der Waals surface area contributed by atoms with Gasteiger partial charge in [0.25, 0.3) is 0 Å². The summed E-state index contributed by atoms with van der Waals surface area (Å²) in [6.07, 6.45) is 3.57. The molecule has 1 atom stereocenters. The summed E-state index contributed by atoms with van der Waals surface area (Å²) in [4.78, 5) is 24.4. The molecule has 0 spiro atoms. The second-order valence-electron chi connectivity index (χ2n) is 6.40. The predicted octanol–water partition coefficient (Wildman–Crippen LogP) is 3.85. The van der Waals surface area contributed by atoms with Crippen molar-refractivity contribution in [1.82, 2.24) is 15.1 Å². The SMILES string of the molecule is COc1ccc(C(CC(=O)Nc2ccccc2-n2cc(Br)cn2)NC(C)=O)cc1. The van der Waals surface area contributed by atoms with Gasteiger partial charge in [-0.2, -0.15) is 5.10 Å². The van der Waals surface area contributed by atoms with Crippen molar-refractivity contribution in [3.63, 3.8) is 0 Å². The van der Waals surface area contributed by atoms with E-state index in [0.29, 0.717) is 11.4 Å². The summed E-state index contributed by atoms with van der Waals surface area (Å²) < 4.78 is 7.68. The number of nitrogens with one attached hydrogen (secondary N) is 2. The molecule has 29 heavy (non-hydrogen) atoms. The van der Waals surface area contributed by atoms with Crippen molar-refractivity contribution in [3.05, 3.63) is 71.0 Å². The molecule has 1 unspecified atom stereocenters. The van der Waals surface area contributed by atoms with Crippen LogP contribution in [0, 0.1) is 0 Å². The van der Waals surface area contributed by atoms with Crippen LogP contribution in [0.5, 0.6) is 5.75 Å². The van der Waals surface area contributed by atoms with Gasteiger partial charge in [0.05, 0.1) is 41.6 Å². The molecule has 2 amide bonds. The summed E-state index contributed by atoms with van der Waals surface area (Å²) in [5.74, 6) is 0.276. The Balaban J connectivity index is 1.78. The number of methoxy groups -OCH3 is 1. The lowest BCUT2D eigenvalue weighted by atomic mass is 10.0. The number of halogens is 1. The summed E-state index contributed by atoms with van der Waals surface area (Å²) in [5.41, 5.74) is 2.19. The minimum Gasteiger partial charge on any atom is -0.497 e. The summed E-state index contributed by atoms with van der Waals surface area (Å²) in [5, 5.41) is 10.0. The van der Waals surface area contributed by atoms with Crippen molar-refractivity contribution < 1.29 is 14.3 Å². The van der Waals surface area contributed by atoms with E-state index in [9.17, 15) is 9.59 Å². The first-order chi connectivity index (χ1) is 14.0. The lowest BCUT2D eigenvalue weighted by Crippen LogP contribution is -2.30. The maximum atomic E-state index is 12.8. The molecule has 7 nitrogen and oxygen atoms in total. The van der Waals surface area contributed by atoms with Crippen LogP contribution in [0.25, 0.3) is 5.69 Å². The standard InChI is InChI=1S/C21H21BrN4O3/c1-14(27)24-19(15-7-9-17(29-2)10-8-15)11-21(28)25-18-5-3-4-6-20(18)26-13-16(22)12-23-26/h3-10,12-13,19H,11H2,1-2H3,(H,24,27)(H,25,28). The zero-order valence-electron chi connectivity index (χ0n) is 16.1. The van der Waals surface area contributed by atoms with Crippen LogP contribution in [-0.4, -0.2) is 28.7 Å². The Hall–Kier alpha value is -3.13. The lowest BCUT2D eigenvalue weighted by Gasteiger charge is -2.19. The van der Waals surface area contributed by atoms with Gasteiger partial charge in [-0.15, -0.1) is 0 Å². The van der Waals surface area contributed by atoms with Gasteiger partial charge in [-0.25, -0.2) is 4.68 Å². The normalized spacial score (nSPS) is 11.6. The number of anilines is 1. The molecule has 0 fully saturated rings. The van der Waals surface area contributed by atoms with E-state index in [2.05, 4.69) is 31.7 Å². The molecular formula is C21H21BrN4O3. The highest BCUT2D eigenvalue weighted by Gasteiger charge is 2.18. The first kappa shape index (κ1) is 20.6. The van der Waals surface area contributed by atoms with Gasteiger partial charge in [-0.1, -0.05) is 24.3 Å². The van der Waals surface area contributed by atoms with Crippen molar-refractivity contribution >= 4 is 33.4 Å². The monoisotopic (exact) mass is 456 g/mol. The zero-order valence-corrected chi connectivity index (χ0v) is 17.6. The van der Waals surface area contributed by atoms with Crippen LogP contribution in [0.1, 0.15) is 24.9 Å². The second-order valence-corrected chi connectivity index (χ2v) is 7.31. The van der Waals surface area contributed by atoms with Crippen molar-refractivity contribution in [2.45, 2.75) is 19.4 Å². The second kappa shape index (κ2) is 9.38. The molecule has 0 radical (unpaired) electrons. The average Bonchev–Trinajstić information content (AvgIpc) is 3.13. The number of nitrogens with zero attached hydrogens (tertiary/aromatic N) is 2. The Morgan fingerprint density at radius 2 is 1.90 bits per heavy atom. The molecule has 2 N–H and O–H groups in total. The van der Waals surface area contributed by atoms with Crippen molar-refractivity contribution in [3.8, 4) is 11.4 Å². The molecule has 0 aliphatic rings. The Morgan fingerprint density at radius 3 is 2.52 bits per heavy atom. The summed E-state index contributed by atoms with van der Waals surface area (Å²) in [7, 11) is 1.59. The van der Waals surface area contributed by atoms with Gasteiger partial charge >= 0.3 is 0 Å². The Morgan fingerprint density at radius 1 is 1.17 bits per heavy atom. The number of amides is 2. The molecule has 150 valence electrons.